The Labute approximate surface area is 134 Å². The molecular formula is C21H25N. The molecule has 0 bridgehead atoms. The van der Waals surface area contributed by atoms with Gasteiger partial charge in [0, 0.05) is 18.7 Å². The van der Waals surface area contributed by atoms with Gasteiger partial charge in [0.15, 0.2) is 0 Å². The van der Waals surface area contributed by atoms with Gasteiger partial charge in [0.2, 0.25) is 0 Å². The van der Waals surface area contributed by atoms with Crippen molar-refractivity contribution in [3.63, 3.8) is 0 Å². The number of fused-ring (bicyclic) bond motifs is 5. The standard InChI is InChI=1S/C21H25N/c1-13-15-8-6-7-9-16(15)20-19(13)17-12-14(21(2,3)4)10-11-18(17)22(20)5/h6-13,19-20H,1-5H3. The second-order valence-corrected chi connectivity index (χ2v) is 8.02. The van der Waals surface area contributed by atoms with Crippen LogP contribution in [0.1, 0.15) is 67.8 Å². The van der Waals surface area contributed by atoms with E-state index in [0.717, 1.165) is 0 Å². The van der Waals surface area contributed by atoms with Gasteiger partial charge in [-0.2, -0.15) is 0 Å². The lowest BCUT2D eigenvalue weighted by atomic mass is 9.82. The number of likely N-dealkylation sites (N-methyl/N-ethyl adjacent to an activating group) is 1. The molecule has 0 fully saturated rings. The lowest BCUT2D eigenvalue weighted by molar-refractivity contribution is 0.549. The maximum Gasteiger partial charge on any atom is 0.0617 e. The first-order chi connectivity index (χ1) is 10.4. The summed E-state index contributed by atoms with van der Waals surface area (Å²) in [6.07, 6.45) is 0. The first-order valence-corrected chi connectivity index (χ1v) is 8.35. The molecule has 1 heterocycles. The van der Waals surface area contributed by atoms with Crippen LogP contribution in [0.25, 0.3) is 0 Å². The van der Waals surface area contributed by atoms with Crippen molar-refractivity contribution in [2.45, 2.75) is 51.0 Å². The first-order valence-electron chi connectivity index (χ1n) is 8.35. The Bertz CT molecular complexity index is 738. The summed E-state index contributed by atoms with van der Waals surface area (Å²) in [5.41, 5.74) is 7.68. The zero-order valence-electron chi connectivity index (χ0n) is 14.2. The first kappa shape index (κ1) is 13.9. The van der Waals surface area contributed by atoms with Gasteiger partial charge in [0.1, 0.15) is 0 Å². The summed E-state index contributed by atoms with van der Waals surface area (Å²) in [5.74, 6) is 1.19. The van der Waals surface area contributed by atoms with Crippen LogP contribution in [0, 0.1) is 0 Å². The van der Waals surface area contributed by atoms with Crippen molar-refractivity contribution in [3.05, 3.63) is 64.7 Å². The van der Waals surface area contributed by atoms with Crippen molar-refractivity contribution < 1.29 is 0 Å². The van der Waals surface area contributed by atoms with Gasteiger partial charge in [-0.3, -0.25) is 0 Å². The minimum atomic E-state index is 0.209. The third-order valence-electron chi connectivity index (χ3n) is 5.73. The smallest absolute Gasteiger partial charge is 0.0617 e. The molecule has 2 aromatic carbocycles. The van der Waals surface area contributed by atoms with Gasteiger partial charge in [0.05, 0.1) is 6.04 Å². The summed E-state index contributed by atoms with van der Waals surface area (Å²) in [6.45, 7) is 9.31. The van der Waals surface area contributed by atoms with Crippen molar-refractivity contribution in [2.75, 3.05) is 11.9 Å². The van der Waals surface area contributed by atoms with Gasteiger partial charge >= 0.3 is 0 Å². The molecule has 1 aliphatic carbocycles. The molecule has 0 N–H and O–H groups in total. The van der Waals surface area contributed by atoms with E-state index in [0.29, 0.717) is 17.9 Å². The molecule has 1 heteroatoms. The minimum Gasteiger partial charge on any atom is -0.367 e. The van der Waals surface area contributed by atoms with Crippen LogP contribution in [0.3, 0.4) is 0 Å². The second kappa shape index (κ2) is 4.38. The molecule has 0 amide bonds. The third-order valence-corrected chi connectivity index (χ3v) is 5.73. The Balaban J connectivity index is 1.88. The molecule has 1 aliphatic heterocycles. The van der Waals surface area contributed by atoms with Crippen molar-refractivity contribution in [1.29, 1.82) is 0 Å². The maximum absolute atomic E-state index is 2.49. The van der Waals surface area contributed by atoms with Crippen LogP contribution < -0.4 is 4.90 Å². The van der Waals surface area contributed by atoms with Crippen molar-refractivity contribution >= 4 is 5.69 Å². The van der Waals surface area contributed by atoms with Gasteiger partial charge in [-0.15, -0.1) is 0 Å². The van der Waals surface area contributed by atoms with Crippen LogP contribution >= 0.6 is 0 Å². The highest BCUT2D eigenvalue weighted by Crippen LogP contribution is 2.60. The molecule has 114 valence electrons. The Morgan fingerprint density at radius 2 is 1.59 bits per heavy atom. The molecule has 0 spiro atoms. The summed E-state index contributed by atoms with van der Waals surface area (Å²) >= 11 is 0. The lowest BCUT2D eigenvalue weighted by Gasteiger charge is -2.23. The maximum atomic E-state index is 2.49. The molecule has 3 atom stereocenters. The number of hydrogen-bond donors (Lipinski definition) is 0. The van der Waals surface area contributed by atoms with E-state index < -0.39 is 0 Å². The fourth-order valence-electron chi connectivity index (χ4n) is 4.50. The summed E-state index contributed by atoms with van der Waals surface area (Å²) in [5, 5.41) is 0. The summed E-state index contributed by atoms with van der Waals surface area (Å²) in [7, 11) is 2.26. The van der Waals surface area contributed by atoms with E-state index in [-0.39, 0.29) is 5.41 Å². The highest BCUT2D eigenvalue weighted by atomic mass is 15.2. The van der Waals surface area contributed by atoms with E-state index in [9.17, 15) is 0 Å². The molecule has 0 saturated carbocycles. The molecule has 3 unspecified atom stereocenters. The summed E-state index contributed by atoms with van der Waals surface area (Å²) < 4.78 is 0. The molecule has 0 aromatic heterocycles. The topological polar surface area (TPSA) is 3.24 Å². The highest BCUT2D eigenvalue weighted by Gasteiger charge is 2.47. The largest absolute Gasteiger partial charge is 0.367 e. The van der Waals surface area contributed by atoms with Crippen molar-refractivity contribution in [3.8, 4) is 0 Å². The molecule has 4 rings (SSSR count). The molecule has 2 aliphatic rings. The SMILES string of the molecule is CC1c2ccccc2C2C1c1cc(C(C)(C)C)ccc1N2C. The fourth-order valence-corrected chi connectivity index (χ4v) is 4.50. The van der Waals surface area contributed by atoms with Crippen LogP contribution in [0.5, 0.6) is 0 Å². The number of hydrogen-bond acceptors (Lipinski definition) is 1. The zero-order chi connectivity index (χ0) is 15.6. The van der Waals surface area contributed by atoms with E-state index in [1.807, 2.05) is 0 Å². The normalized spacial score (nSPS) is 25.9. The average Bonchev–Trinajstić information content (AvgIpc) is 2.94. The number of nitrogens with zero attached hydrogens (tertiary/aromatic N) is 1. The average molecular weight is 291 g/mol. The molecule has 0 radical (unpaired) electrons. The quantitative estimate of drug-likeness (QED) is 0.630. The van der Waals surface area contributed by atoms with Crippen LogP contribution in [0.15, 0.2) is 42.5 Å². The van der Waals surface area contributed by atoms with Gasteiger partial charge in [-0.25, -0.2) is 0 Å². The Morgan fingerprint density at radius 3 is 2.27 bits per heavy atom. The number of rotatable bonds is 0. The van der Waals surface area contributed by atoms with Gasteiger partial charge < -0.3 is 4.90 Å². The Hall–Kier alpha value is -1.76. The Morgan fingerprint density at radius 1 is 0.909 bits per heavy atom. The van der Waals surface area contributed by atoms with Gasteiger partial charge in [-0.05, 0) is 39.7 Å². The van der Waals surface area contributed by atoms with Crippen LogP contribution in [0.2, 0.25) is 0 Å². The summed E-state index contributed by atoms with van der Waals surface area (Å²) in [4.78, 5) is 2.49. The van der Waals surface area contributed by atoms with E-state index in [1.54, 1.807) is 5.56 Å². The van der Waals surface area contributed by atoms with E-state index in [2.05, 4.69) is 82.1 Å². The predicted molar refractivity (Wildman–Crippen MR) is 93.9 cm³/mol. The number of benzene rings is 2. The van der Waals surface area contributed by atoms with Crippen molar-refractivity contribution in [1.82, 2.24) is 0 Å². The zero-order valence-corrected chi connectivity index (χ0v) is 14.2. The third kappa shape index (κ3) is 1.71. The molecule has 0 saturated heterocycles. The van der Waals surface area contributed by atoms with Crippen molar-refractivity contribution in [2.24, 2.45) is 0 Å². The lowest BCUT2D eigenvalue weighted by Crippen LogP contribution is -2.19. The van der Waals surface area contributed by atoms with Gasteiger partial charge in [-0.1, -0.05) is 64.1 Å². The second-order valence-electron chi connectivity index (χ2n) is 8.02. The van der Waals surface area contributed by atoms with E-state index in [1.165, 1.54) is 22.4 Å². The predicted octanol–water partition coefficient (Wildman–Crippen LogP) is 5.38. The number of anilines is 1. The minimum absolute atomic E-state index is 0.209. The molecular weight excluding hydrogens is 266 g/mol. The van der Waals surface area contributed by atoms with E-state index >= 15 is 0 Å². The highest BCUT2D eigenvalue weighted by molar-refractivity contribution is 5.68. The molecule has 2 aromatic rings. The summed E-state index contributed by atoms with van der Waals surface area (Å²) in [6, 6.07) is 16.6. The van der Waals surface area contributed by atoms with Crippen LogP contribution in [0.4, 0.5) is 5.69 Å². The Kier molecular flexibility index (Phi) is 2.76. The fraction of sp³-hybridized carbons (Fsp3) is 0.429. The van der Waals surface area contributed by atoms with Crippen LogP contribution in [-0.2, 0) is 5.41 Å². The van der Waals surface area contributed by atoms with Gasteiger partial charge in [0.25, 0.3) is 0 Å². The monoisotopic (exact) mass is 291 g/mol. The molecule has 1 nitrogen and oxygen atoms in total. The van der Waals surface area contributed by atoms with E-state index in [4.69, 9.17) is 0 Å². The van der Waals surface area contributed by atoms with Crippen LogP contribution in [-0.4, -0.2) is 7.05 Å². The molecule has 22 heavy (non-hydrogen) atoms.